The quantitative estimate of drug-likeness (QED) is 0.785. The summed E-state index contributed by atoms with van der Waals surface area (Å²) in [5.74, 6) is 1.80. The molecule has 0 aromatic carbocycles. The molecule has 5 nitrogen and oxygen atoms in total. The molecule has 0 spiro atoms. The summed E-state index contributed by atoms with van der Waals surface area (Å²) in [5.41, 5.74) is 0. The molecule has 0 saturated heterocycles. The number of aromatic nitrogens is 2. The zero-order chi connectivity index (χ0) is 11.5. The minimum atomic E-state index is -0.150. The fourth-order valence-electron chi connectivity index (χ4n) is 1.87. The van der Waals surface area contributed by atoms with Crippen LogP contribution in [0.15, 0.2) is 4.52 Å². The maximum Gasteiger partial charge on any atom is 0.229 e. The van der Waals surface area contributed by atoms with Crippen LogP contribution in [-0.4, -0.2) is 23.0 Å². The molecule has 2 rings (SSSR count). The molecule has 1 heterocycles. The van der Waals surface area contributed by atoms with E-state index in [1.54, 1.807) is 7.11 Å². The minimum Gasteiger partial charge on any atom is -0.374 e. The van der Waals surface area contributed by atoms with E-state index in [2.05, 4.69) is 10.1 Å². The van der Waals surface area contributed by atoms with Crippen LogP contribution in [0.2, 0.25) is 0 Å². The van der Waals surface area contributed by atoms with Gasteiger partial charge in [-0.25, -0.2) is 0 Å². The molecular formula is C11H16N2O3. The number of ketones is 1. The molecule has 5 heteroatoms. The molecule has 1 atom stereocenters. The van der Waals surface area contributed by atoms with Crippen LogP contribution in [0.5, 0.6) is 0 Å². The second kappa shape index (κ2) is 4.74. The van der Waals surface area contributed by atoms with Crippen LogP contribution in [0.3, 0.4) is 0 Å². The Kier molecular flexibility index (Phi) is 3.33. The molecule has 1 aliphatic rings. The lowest BCUT2D eigenvalue weighted by atomic mass is 9.88. The first-order chi connectivity index (χ1) is 7.70. The third-order valence-corrected chi connectivity index (χ3v) is 3.07. The van der Waals surface area contributed by atoms with Crippen LogP contribution in [0, 0.1) is 0 Å². The van der Waals surface area contributed by atoms with Crippen LogP contribution < -0.4 is 0 Å². The van der Waals surface area contributed by atoms with Gasteiger partial charge in [0.25, 0.3) is 0 Å². The molecule has 0 radical (unpaired) electrons. The molecule has 0 N–H and O–H groups in total. The average Bonchev–Trinajstić information content (AvgIpc) is 2.78. The number of rotatable bonds is 3. The first-order valence-corrected chi connectivity index (χ1v) is 5.58. The second-order valence-electron chi connectivity index (χ2n) is 4.18. The van der Waals surface area contributed by atoms with Crippen molar-refractivity contribution in [3.05, 3.63) is 11.7 Å². The van der Waals surface area contributed by atoms with Crippen molar-refractivity contribution in [2.75, 3.05) is 7.11 Å². The second-order valence-corrected chi connectivity index (χ2v) is 4.18. The number of methoxy groups -OCH3 is 1. The Bertz CT molecular complexity index is 365. The lowest BCUT2D eigenvalue weighted by molar-refractivity contribution is -0.120. The van der Waals surface area contributed by atoms with Gasteiger partial charge in [-0.15, -0.1) is 0 Å². The Labute approximate surface area is 94.2 Å². The maximum atomic E-state index is 11.1. The van der Waals surface area contributed by atoms with Gasteiger partial charge in [-0.1, -0.05) is 5.16 Å². The predicted octanol–water partition coefficient (Wildman–Crippen LogP) is 2.00. The van der Waals surface area contributed by atoms with Gasteiger partial charge in [0.05, 0.1) is 0 Å². The molecule has 88 valence electrons. The topological polar surface area (TPSA) is 65.2 Å². The highest BCUT2D eigenvalue weighted by atomic mass is 16.5. The minimum absolute atomic E-state index is 0.150. The van der Waals surface area contributed by atoms with E-state index in [1.165, 1.54) is 0 Å². The summed E-state index contributed by atoms with van der Waals surface area (Å²) in [6, 6.07) is 0. The Morgan fingerprint density at radius 1 is 1.44 bits per heavy atom. The van der Waals surface area contributed by atoms with E-state index in [4.69, 9.17) is 9.26 Å². The number of Topliss-reactive ketones (excluding diaryl/α,β-unsaturated/α-hetero) is 1. The number of ether oxygens (including phenoxy) is 1. The number of carbonyl (C=O) groups is 1. The zero-order valence-corrected chi connectivity index (χ0v) is 9.60. The van der Waals surface area contributed by atoms with Gasteiger partial charge in [0.2, 0.25) is 5.89 Å². The van der Waals surface area contributed by atoms with Crippen molar-refractivity contribution in [2.24, 2.45) is 0 Å². The fourth-order valence-corrected chi connectivity index (χ4v) is 1.87. The van der Waals surface area contributed by atoms with Crippen molar-refractivity contribution < 1.29 is 14.1 Å². The van der Waals surface area contributed by atoms with Gasteiger partial charge in [0.1, 0.15) is 11.9 Å². The van der Waals surface area contributed by atoms with E-state index in [0.717, 1.165) is 12.8 Å². The fraction of sp³-hybridized carbons (Fsp3) is 0.727. The molecule has 1 aliphatic carbocycles. The van der Waals surface area contributed by atoms with Crippen molar-refractivity contribution in [1.29, 1.82) is 0 Å². The largest absolute Gasteiger partial charge is 0.374 e. The van der Waals surface area contributed by atoms with Crippen LogP contribution in [0.1, 0.15) is 56.3 Å². The highest BCUT2D eigenvalue weighted by Crippen LogP contribution is 2.30. The number of hydrogen-bond acceptors (Lipinski definition) is 5. The number of hydrogen-bond donors (Lipinski definition) is 0. The van der Waals surface area contributed by atoms with E-state index in [-0.39, 0.29) is 12.0 Å². The summed E-state index contributed by atoms with van der Waals surface area (Å²) in [4.78, 5) is 15.4. The first-order valence-electron chi connectivity index (χ1n) is 5.58. The Morgan fingerprint density at radius 2 is 2.12 bits per heavy atom. The Balaban J connectivity index is 2.04. The molecule has 1 aromatic heterocycles. The summed E-state index contributed by atoms with van der Waals surface area (Å²) in [6.07, 6.45) is 2.75. The summed E-state index contributed by atoms with van der Waals surface area (Å²) in [6.45, 7) is 1.87. The van der Waals surface area contributed by atoms with Crippen molar-refractivity contribution in [1.82, 2.24) is 10.1 Å². The lowest BCUT2D eigenvalue weighted by Gasteiger charge is -2.16. The smallest absolute Gasteiger partial charge is 0.229 e. The van der Waals surface area contributed by atoms with Gasteiger partial charge in [0.15, 0.2) is 5.82 Å². The van der Waals surface area contributed by atoms with Crippen molar-refractivity contribution >= 4 is 5.78 Å². The molecule has 1 fully saturated rings. The van der Waals surface area contributed by atoms with E-state index in [0.29, 0.717) is 30.3 Å². The van der Waals surface area contributed by atoms with Gasteiger partial charge in [-0.05, 0) is 19.8 Å². The normalized spacial score (nSPS) is 20.0. The van der Waals surface area contributed by atoms with Crippen LogP contribution >= 0.6 is 0 Å². The summed E-state index contributed by atoms with van der Waals surface area (Å²) in [7, 11) is 1.61. The lowest BCUT2D eigenvalue weighted by Crippen LogP contribution is -2.12. The molecule has 0 bridgehead atoms. The van der Waals surface area contributed by atoms with Crippen LogP contribution in [0.4, 0.5) is 0 Å². The summed E-state index contributed by atoms with van der Waals surface area (Å²) >= 11 is 0. The molecule has 16 heavy (non-hydrogen) atoms. The molecule has 1 aromatic rings. The van der Waals surface area contributed by atoms with Gasteiger partial charge in [-0.3, -0.25) is 4.79 Å². The van der Waals surface area contributed by atoms with Crippen molar-refractivity contribution in [2.45, 2.75) is 44.6 Å². The number of nitrogens with zero attached hydrogens (tertiary/aromatic N) is 2. The van der Waals surface area contributed by atoms with Gasteiger partial charge in [0, 0.05) is 25.9 Å². The molecule has 0 aliphatic heterocycles. The monoisotopic (exact) mass is 224 g/mol. The van der Waals surface area contributed by atoms with E-state index in [1.807, 2.05) is 6.92 Å². The molecule has 0 amide bonds. The van der Waals surface area contributed by atoms with Crippen molar-refractivity contribution in [3.8, 4) is 0 Å². The average molecular weight is 224 g/mol. The van der Waals surface area contributed by atoms with Crippen molar-refractivity contribution in [3.63, 3.8) is 0 Å². The third kappa shape index (κ3) is 2.29. The predicted molar refractivity (Wildman–Crippen MR) is 55.9 cm³/mol. The zero-order valence-electron chi connectivity index (χ0n) is 9.60. The third-order valence-electron chi connectivity index (χ3n) is 3.07. The van der Waals surface area contributed by atoms with Gasteiger partial charge < -0.3 is 9.26 Å². The molecular weight excluding hydrogens is 208 g/mol. The first kappa shape index (κ1) is 11.3. The van der Waals surface area contributed by atoms with Crippen LogP contribution in [0.25, 0.3) is 0 Å². The standard InChI is InChI=1S/C11H16N2O3/c1-7(15-2)10-12-11(16-13-10)8-3-5-9(14)6-4-8/h7-8H,3-6H2,1-2H3. The summed E-state index contributed by atoms with van der Waals surface area (Å²) < 4.78 is 10.3. The summed E-state index contributed by atoms with van der Waals surface area (Å²) in [5, 5.41) is 3.89. The Hall–Kier alpha value is -1.23. The number of carbonyl (C=O) groups excluding carboxylic acids is 1. The molecule has 1 saturated carbocycles. The Morgan fingerprint density at radius 3 is 2.75 bits per heavy atom. The van der Waals surface area contributed by atoms with E-state index < -0.39 is 0 Å². The maximum absolute atomic E-state index is 11.1. The van der Waals surface area contributed by atoms with Gasteiger partial charge in [-0.2, -0.15) is 4.98 Å². The van der Waals surface area contributed by atoms with E-state index >= 15 is 0 Å². The van der Waals surface area contributed by atoms with Crippen LogP contribution in [-0.2, 0) is 9.53 Å². The highest BCUT2D eigenvalue weighted by Gasteiger charge is 2.25. The molecule has 1 unspecified atom stereocenters. The SMILES string of the molecule is COC(C)c1noc(C2CCC(=O)CC2)n1. The van der Waals surface area contributed by atoms with Gasteiger partial charge >= 0.3 is 0 Å². The van der Waals surface area contributed by atoms with E-state index in [9.17, 15) is 4.79 Å². The highest BCUT2D eigenvalue weighted by molar-refractivity contribution is 5.79.